The van der Waals surface area contributed by atoms with Gasteiger partial charge >= 0.3 is 0 Å². The SMILES string of the molecule is Cc1ccc(C)n1NCc1c[nH]c2ncccc12. The van der Waals surface area contributed by atoms with Crippen LogP contribution in [0.25, 0.3) is 11.0 Å². The van der Waals surface area contributed by atoms with Gasteiger partial charge in [-0.15, -0.1) is 0 Å². The number of nitrogens with zero attached hydrogens (tertiary/aromatic N) is 2. The quantitative estimate of drug-likeness (QED) is 0.739. The van der Waals surface area contributed by atoms with E-state index in [0.717, 1.165) is 12.2 Å². The largest absolute Gasteiger partial charge is 0.346 e. The van der Waals surface area contributed by atoms with Crippen LogP contribution in [-0.2, 0) is 6.54 Å². The first-order valence-corrected chi connectivity index (χ1v) is 6.05. The van der Waals surface area contributed by atoms with Crippen LogP contribution in [-0.4, -0.2) is 14.6 Å². The molecule has 0 aliphatic carbocycles. The number of hydrogen-bond acceptors (Lipinski definition) is 2. The molecule has 0 aliphatic rings. The molecule has 4 heteroatoms. The fraction of sp³-hybridized carbons (Fsp3) is 0.214. The normalized spacial score (nSPS) is 11.0. The maximum atomic E-state index is 4.29. The monoisotopic (exact) mass is 240 g/mol. The van der Waals surface area contributed by atoms with Crippen LogP contribution >= 0.6 is 0 Å². The average molecular weight is 240 g/mol. The number of aromatic amines is 1. The molecule has 0 aromatic carbocycles. The molecule has 0 aliphatic heterocycles. The van der Waals surface area contributed by atoms with Gasteiger partial charge in [-0.05, 0) is 43.7 Å². The van der Waals surface area contributed by atoms with E-state index in [-0.39, 0.29) is 0 Å². The van der Waals surface area contributed by atoms with Gasteiger partial charge in [0.25, 0.3) is 0 Å². The second-order valence-corrected chi connectivity index (χ2v) is 4.50. The van der Waals surface area contributed by atoms with E-state index in [1.54, 1.807) is 6.20 Å². The number of H-pyrrole nitrogens is 1. The molecular formula is C14H16N4. The van der Waals surface area contributed by atoms with Crippen LogP contribution in [0.2, 0.25) is 0 Å². The van der Waals surface area contributed by atoms with Crippen LogP contribution in [0, 0.1) is 13.8 Å². The number of pyridine rings is 1. The van der Waals surface area contributed by atoms with Crippen molar-refractivity contribution in [1.82, 2.24) is 14.6 Å². The van der Waals surface area contributed by atoms with E-state index in [4.69, 9.17) is 0 Å². The van der Waals surface area contributed by atoms with E-state index in [1.807, 2.05) is 12.3 Å². The van der Waals surface area contributed by atoms with Gasteiger partial charge in [0.2, 0.25) is 0 Å². The summed E-state index contributed by atoms with van der Waals surface area (Å²) in [5.74, 6) is 0. The van der Waals surface area contributed by atoms with Crippen molar-refractivity contribution in [2.24, 2.45) is 0 Å². The molecule has 0 atom stereocenters. The molecule has 0 saturated carbocycles. The molecular weight excluding hydrogens is 224 g/mol. The predicted octanol–water partition coefficient (Wildman–Crippen LogP) is 2.72. The molecule has 4 nitrogen and oxygen atoms in total. The molecule has 3 heterocycles. The minimum absolute atomic E-state index is 0.780. The highest BCUT2D eigenvalue weighted by Gasteiger charge is 2.05. The maximum absolute atomic E-state index is 4.29. The molecule has 3 aromatic heterocycles. The highest BCUT2D eigenvalue weighted by molar-refractivity contribution is 5.79. The van der Waals surface area contributed by atoms with Crippen LogP contribution < -0.4 is 5.43 Å². The molecule has 0 amide bonds. The first kappa shape index (κ1) is 10.9. The maximum Gasteiger partial charge on any atom is 0.137 e. The van der Waals surface area contributed by atoms with Gasteiger partial charge in [-0.1, -0.05) is 0 Å². The van der Waals surface area contributed by atoms with Gasteiger partial charge in [0.1, 0.15) is 5.65 Å². The van der Waals surface area contributed by atoms with Crippen molar-refractivity contribution in [2.45, 2.75) is 20.4 Å². The fourth-order valence-corrected chi connectivity index (χ4v) is 2.24. The van der Waals surface area contributed by atoms with Gasteiger partial charge in [0.05, 0.1) is 6.54 Å². The number of aromatic nitrogens is 3. The van der Waals surface area contributed by atoms with Crippen molar-refractivity contribution in [2.75, 3.05) is 5.43 Å². The summed E-state index contributed by atoms with van der Waals surface area (Å²) in [5.41, 5.74) is 8.02. The number of fused-ring (bicyclic) bond motifs is 1. The van der Waals surface area contributed by atoms with E-state index in [0.29, 0.717) is 0 Å². The van der Waals surface area contributed by atoms with E-state index in [2.05, 4.69) is 52.1 Å². The Morgan fingerprint density at radius 1 is 1.22 bits per heavy atom. The summed E-state index contributed by atoms with van der Waals surface area (Å²) < 4.78 is 2.11. The number of aryl methyl sites for hydroxylation is 2. The summed E-state index contributed by atoms with van der Waals surface area (Å²) in [5, 5.41) is 1.17. The summed E-state index contributed by atoms with van der Waals surface area (Å²) in [7, 11) is 0. The van der Waals surface area contributed by atoms with Gasteiger partial charge < -0.3 is 10.4 Å². The molecule has 0 fully saturated rings. The third kappa shape index (κ3) is 1.76. The van der Waals surface area contributed by atoms with Crippen molar-refractivity contribution in [3.63, 3.8) is 0 Å². The fourth-order valence-electron chi connectivity index (χ4n) is 2.24. The van der Waals surface area contributed by atoms with E-state index >= 15 is 0 Å². The van der Waals surface area contributed by atoms with Crippen LogP contribution in [0.1, 0.15) is 17.0 Å². The van der Waals surface area contributed by atoms with Crippen LogP contribution in [0.4, 0.5) is 0 Å². The average Bonchev–Trinajstić information content (AvgIpc) is 2.93. The molecule has 0 spiro atoms. The van der Waals surface area contributed by atoms with E-state index in [1.165, 1.54) is 22.3 Å². The Balaban J connectivity index is 1.85. The van der Waals surface area contributed by atoms with Crippen molar-refractivity contribution in [3.8, 4) is 0 Å². The van der Waals surface area contributed by atoms with Gasteiger partial charge in [0.15, 0.2) is 0 Å². The van der Waals surface area contributed by atoms with Crippen LogP contribution in [0.3, 0.4) is 0 Å². The van der Waals surface area contributed by atoms with E-state index in [9.17, 15) is 0 Å². The molecule has 0 radical (unpaired) electrons. The van der Waals surface area contributed by atoms with Gasteiger partial charge in [-0.3, -0.25) is 4.68 Å². The van der Waals surface area contributed by atoms with E-state index < -0.39 is 0 Å². The number of nitrogens with one attached hydrogen (secondary N) is 2. The Morgan fingerprint density at radius 3 is 2.78 bits per heavy atom. The Labute approximate surface area is 106 Å². The molecule has 3 aromatic rings. The number of hydrogen-bond donors (Lipinski definition) is 2. The highest BCUT2D eigenvalue weighted by Crippen LogP contribution is 2.16. The summed E-state index contributed by atoms with van der Waals surface area (Å²) in [6, 6.07) is 8.27. The zero-order chi connectivity index (χ0) is 12.5. The van der Waals surface area contributed by atoms with Crippen molar-refractivity contribution in [3.05, 3.63) is 53.6 Å². The lowest BCUT2D eigenvalue weighted by Gasteiger charge is -2.11. The molecule has 18 heavy (non-hydrogen) atoms. The van der Waals surface area contributed by atoms with Gasteiger partial charge in [-0.25, -0.2) is 4.98 Å². The first-order valence-electron chi connectivity index (χ1n) is 6.05. The lowest BCUT2D eigenvalue weighted by molar-refractivity contribution is 0.794. The van der Waals surface area contributed by atoms with Gasteiger partial charge in [0, 0.05) is 29.2 Å². The smallest absolute Gasteiger partial charge is 0.137 e. The predicted molar refractivity (Wildman–Crippen MR) is 73.1 cm³/mol. The Kier molecular flexibility index (Phi) is 2.55. The second-order valence-electron chi connectivity index (χ2n) is 4.50. The molecule has 0 unspecified atom stereocenters. The van der Waals surface area contributed by atoms with Gasteiger partial charge in [-0.2, -0.15) is 0 Å². The first-order chi connectivity index (χ1) is 8.75. The van der Waals surface area contributed by atoms with Crippen molar-refractivity contribution < 1.29 is 0 Å². The van der Waals surface area contributed by atoms with Crippen LogP contribution in [0.15, 0.2) is 36.7 Å². The summed E-state index contributed by atoms with van der Waals surface area (Å²) in [4.78, 5) is 7.48. The summed E-state index contributed by atoms with van der Waals surface area (Å²) in [6.45, 7) is 4.97. The topological polar surface area (TPSA) is 45.6 Å². The second kappa shape index (κ2) is 4.22. The minimum atomic E-state index is 0.780. The Hall–Kier alpha value is -2.23. The van der Waals surface area contributed by atoms with Crippen molar-refractivity contribution >= 4 is 11.0 Å². The zero-order valence-electron chi connectivity index (χ0n) is 10.6. The Bertz CT molecular complexity index is 658. The summed E-state index contributed by atoms with van der Waals surface area (Å²) in [6.07, 6.45) is 3.81. The molecule has 92 valence electrons. The third-order valence-electron chi connectivity index (χ3n) is 3.24. The standard InChI is InChI=1S/C14H16N4/c1-10-5-6-11(2)18(10)17-9-12-8-16-14-13(12)4-3-7-15-14/h3-8,17H,9H2,1-2H3,(H,15,16). The molecule has 0 bridgehead atoms. The lowest BCUT2D eigenvalue weighted by atomic mass is 10.2. The van der Waals surface area contributed by atoms with Crippen LogP contribution in [0.5, 0.6) is 0 Å². The third-order valence-corrected chi connectivity index (χ3v) is 3.24. The lowest BCUT2D eigenvalue weighted by Crippen LogP contribution is -2.16. The molecule has 2 N–H and O–H groups in total. The molecule has 0 saturated heterocycles. The van der Waals surface area contributed by atoms with Crippen molar-refractivity contribution in [1.29, 1.82) is 0 Å². The highest BCUT2D eigenvalue weighted by atomic mass is 15.4. The minimum Gasteiger partial charge on any atom is -0.346 e. The Morgan fingerprint density at radius 2 is 2.00 bits per heavy atom. The number of rotatable bonds is 3. The summed E-state index contributed by atoms with van der Waals surface area (Å²) >= 11 is 0. The molecule has 3 rings (SSSR count). The zero-order valence-corrected chi connectivity index (χ0v) is 10.6.